The molecule has 0 atom stereocenters. The molecular weight excluding hydrogens is 159 g/mol. The van der Waals surface area contributed by atoms with Gasteiger partial charge >= 0.3 is 0 Å². The van der Waals surface area contributed by atoms with E-state index in [0.29, 0.717) is 22.8 Å². The number of aldehydes is 1. The molecule has 0 saturated carbocycles. The van der Waals surface area contributed by atoms with Crippen molar-refractivity contribution in [2.75, 3.05) is 0 Å². The molecule has 0 aliphatic rings. The molecule has 0 saturated heterocycles. The van der Waals surface area contributed by atoms with Crippen molar-refractivity contribution in [3.63, 3.8) is 0 Å². The monoisotopic (exact) mass is 164 g/mol. The lowest BCUT2D eigenvalue weighted by Crippen LogP contribution is -1.81. The molecule has 2 rings (SSSR count). The smallest absolute Gasteiger partial charge is 0.214 e. The van der Waals surface area contributed by atoms with Crippen LogP contribution in [-0.2, 0) is 0 Å². The number of aromatic amines is 1. The minimum absolute atomic E-state index is 0.498. The third-order valence-electron chi connectivity index (χ3n) is 1.69. The van der Waals surface area contributed by atoms with Gasteiger partial charge in [0.05, 0.1) is 5.52 Å². The summed E-state index contributed by atoms with van der Waals surface area (Å²) in [6, 6.07) is 1.25. The number of halogens is 1. The Kier molecular flexibility index (Phi) is 1.40. The van der Waals surface area contributed by atoms with E-state index in [9.17, 15) is 9.18 Å². The lowest BCUT2D eigenvalue weighted by atomic mass is 10.2. The minimum atomic E-state index is -0.554. The van der Waals surface area contributed by atoms with Gasteiger partial charge in [-0.2, -0.15) is 4.39 Å². The van der Waals surface area contributed by atoms with Crippen molar-refractivity contribution >= 4 is 17.2 Å². The number of hydrogen-bond acceptors (Lipinski definition) is 2. The summed E-state index contributed by atoms with van der Waals surface area (Å²) in [5.74, 6) is -0.554. The Balaban J connectivity index is 2.81. The van der Waals surface area contributed by atoms with Gasteiger partial charge in [0.1, 0.15) is 0 Å². The highest BCUT2D eigenvalue weighted by atomic mass is 19.1. The Hall–Kier alpha value is -1.71. The number of fused-ring (bicyclic) bond motifs is 1. The standard InChI is InChI=1S/C8H5FN2O/c9-8-1-7-6(3-11-8)5(4-12)2-10-7/h1-4,10H. The van der Waals surface area contributed by atoms with Gasteiger partial charge in [0.2, 0.25) is 5.95 Å². The molecule has 0 aliphatic heterocycles. The fourth-order valence-corrected chi connectivity index (χ4v) is 1.11. The van der Waals surface area contributed by atoms with Gasteiger partial charge in [0, 0.05) is 29.4 Å². The fourth-order valence-electron chi connectivity index (χ4n) is 1.11. The summed E-state index contributed by atoms with van der Waals surface area (Å²) in [5.41, 5.74) is 1.09. The van der Waals surface area contributed by atoms with E-state index < -0.39 is 5.95 Å². The lowest BCUT2D eigenvalue weighted by Gasteiger charge is -1.88. The maximum absolute atomic E-state index is 12.5. The van der Waals surface area contributed by atoms with Crippen LogP contribution in [-0.4, -0.2) is 16.3 Å². The maximum Gasteiger partial charge on any atom is 0.214 e. The summed E-state index contributed by atoms with van der Waals surface area (Å²) in [4.78, 5) is 16.6. The first-order valence-electron chi connectivity index (χ1n) is 3.39. The van der Waals surface area contributed by atoms with E-state index in [1.54, 1.807) is 0 Å². The van der Waals surface area contributed by atoms with Gasteiger partial charge in [-0.15, -0.1) is 0 Å². The van der Waals surface area contributed by atoms with E-state index in [0.717, 1.165) is 0 Å². The van der Waals surface area contributed by atoms with Crippen molar-refractivity contribution in [1.82, 2.24) is 9.97 Å². The molecule has 0 radical (unpaired) electrons. The second kappa shape index (κ2) is 2.41. The highest BCUT2D eigenvalue weighted by Crippen LogP contribution is 2.15. The Morgan fingerprint density at radius 2 is 2.42 bits per heavy atom. The number of nitrogens with one attached hydrogen (secondary N) is 1. The molecule has 3 nitrogen and oxygen atoms in total. The Morgan fingerprint density at radius 3 is 3.17 bits per heavy atom. The summed E-state index contributed by atoms with van der Waals surface area (Å²) in [6.07, 6.45) is 3.57. The molecule has 0 spiro atoms. The van der Waals surface area contributed by atoms with Crippen LogP contribution in [0.1, 0.15) is 10.4 Å². The number of carbonyl (C=O) groups is 1. The molecule has 12 heavy (non-hydrogen) atoms. The van der Waals surface area contributed by atoms with E-state index in [4.69, 9.17) is 0 Å². The van der Waals surface area contributed by atoms with Gasteiger partial charge in [-0.1, -0.05) is 0 Å². The molecule has 2 aromatic rings. The second-order valence-corrected chi connectivity index (χ2v) is 2.41. The van der Waals surface area contributed by atoms with E-state index in [1.165, 1.54) is 18.5 Å². The molecule has 60 valence electrons. The molecule has 0 aliphatic carbocycles. The van der Waals surface area contributed by atoms with Crippen LogP contribution < -0.4 is 0 Å². The SMILES string of the molecule is O=Cc1c[nH]c2cc(F)ncc12. The maximum atomic E-state index is 12.5. The molecule has 4 heteroatoms. The fraction of sp³-hybridized carbons (Fsp3) is 0. The number of rotatable bonds is 1. The van der Waals surface area contributed by atoms with Gasteiger partial charge in [-0.3, -0.25) is 4.79 Å². The third-order valence-corrected chi connectivity index (χ3v) is 1.69. The molecule has 0 unspecified atom stereocenters. The van der Waals surface area contributed by atoms with E-state index in [1.807, 2.05) is 0 Å². The van der Waals surface area contributed by atoms with Gasteiger partial charge in [-0.25, -0.2) is 4.98 Å². The van der Waals surface area contributed by atoms with Crippen LogP contribution in [0.4, 0.5) is 4.39 Å². The average Bonchev–Trinajstić information content (AvgIpc) is 2.46. The Bertz CT molecular complexity index is 436. The molecular formula is C8H5FN2O. The first kappa shape index (κ1) is 6.97. The topological polar surface area (TPSA) is 45.8 Å². The number of hydrogen-bond donors (Lipinski definition) is 1. The largest absolute Gasteiger partial charge is 0.360 e. The summed E-state index contributed by atoms with van der Waals surface area (Å²) >= 11 is 0. The molecule has 0 bridgehead atoms. The normalized spacial score (nSPS) is 10.4. The second-order valence-electron chi connectivity index (χ2n) is 2.41. The van der Waals surface area contributed by atoms with Crippen molar-refractivity contribution in [1.29, 1.82) is 0 Å². The highest BCUT2D eigenvalue weighted by Gasteiger charge is 2.03. The zero-order chi connectivity index (χ0) is 8.55. The Morgan fingerprint density at radius 1 is 1.58 bits per heavy atom. The number of pyridine rings is 1. The molecule has 0 aromatic carbocycles. The predicted molar refractivity (Wildman–Crippen MR) is 41.4 cm³/mol. The highest BCUT2D eigenvalue weighted by molar-refractivity contribution is 5.96. The van der Waals surface area contributed by atoms with Crippen LogP contribution in [0.25, 0.3) is 10.9 Å². The molecule has 0 amide bonds. The van der Waals surface area contributed by atoms with Crippen molar-refractivity contribution in [2.45, 2.75) is 0 Å². The molecule has 2 aromatic heterocycles. The molecule has 1 N–H and O–H groups in total. The zero-order valence-electron chi connectivity index (χ0n) is 6.04. The van der Waals surface area contributed by atoms with E-state index >= 15 is 0 Å². The number of carbonyl (C=O) groups excluding carboxylic acids is 1. The number of aromatic nitrogens is 2. The molecule has 0 fully saturated rings. The van der Waals surface area contributed by atoms with Crippen molar-refractivity contribution in [2.24, 2.45) is 0 Å². The number of nitrogens with zero attached hydrogens (tertiary/aromatic N) is 1. The summed E-state index contributed by atoms with van der Waals surface area (Å²) in [7, 11) is 0. The van der Waals surface area contributed by atoms with Crippen LogP contribution >= 0.6 is 0 Å². The molecule has 2 heterocycles. The van der Waals surface area contributed by atoms with Crippen LogP contribution in [0.15, 0.2) is 18.5 Å². The number of H-pyrrole nitrogens is 1. The average molecular weight is 164 g/mol. The summed E-state index contributed by atoms with van der Waals surface area (Å²) in [5, 5.41) is 0.645. The lowest BCUT2D eigenvalue weighted by molar-refractivity contribution is 0.112. The van der Waals surface area contributed by atoms with Crippen LogP contribution in [0.5, 0.6) is 0 Å². The minimum Gasteiger partial charge on any atom is -0.360 e. The predicted octanol–water partition coefficient (Wildman–Crippen LogP) is 1.51. The summed E-state index contributed by atoms with van der Waals surface area (Å²) in [6.45, 7) is 0. The Labute approximate surface area is 67.2 Å². The van der Waals surface area contributed by atoms with Crippen molar-refractivity contribution in [3.05, 3.63) is 30.0 Å². The zero-order valence-corrected chi connectivity index (χ0v) is 6.04. The van der Waals surface area contributed by atoms with E-state index in [-0.39, 0.29) is 0 Å². The quantitative estimate of drug-likeness (QED) is 0.513. The van der Waals surface area contributed by atoms with Crippen molar-refractivity contribution < 1.29 is 9.18 Å². The van der Waals surface area contributed by atoms with Gasteiger partial charge in [-0.05, 0) is 0 Å². The summed E-state index contributed by atoms with van der Waals surface area (Å²) < 4.78 is 12.5. The first-order chi connectivity index (χ1) is 5.81. The third kappa shape index (κ3) is 0.887. The van der Waals surface area contributed by atoms with Crippen LogP contribution in [0, 0.1) is 5.95 Å². The van der Waals surface area contributed by atoms with E-state index in [2.05, 4.69) is 9.97 Å². The van der Waals surface area contributed by atoms with Crippen LogP contribution in [0.3, 0.4) is 0 Å². The first-order valence-corrected chi connectivity index (χ1v) is 3.39. The van der Waals surface area contributed by atoms with Gasteiger partial charge in [0.15, 0.2) is 6.29 Å². The van der Waals surface area contributed by atoms with Gasteiger partial charge < -0.3 is 4.98 Å². The van der Waals surface area contributed by atoms with Crippen molar-refractivity contribution in [3.8, 4) is 0 Å². The van der Waals surface area contributed by atoms with Crippen LogP contribution in [0.2, 0.25) is 0 Å². The van der Waals surface area contributed by atoms with Gasteiger partial charge in [0.25, 0.3) is 0 Å².